The molecule has 124 valence electrons. The number of alkyl halides is 3. The molecule has 1 atom stereocenters. The summed E-state index contributed by atoms with van der Waals surface area (Å²) < 4.78 is 69.6. The normalized spacial score (nSPS) is 21.0. The topological polar surface area (TPSA) is 46.6 Å². The third-order valence-electron chi connectivity index (χ3n) is 3.68. The van der Waals surface area contributed by atoms with Gasteiger partial charge in [-0.2, -0.15) is 17.5 Å². The molecule has 1 aromatic carbocycles. The van der Waals surface area contributed by atoms with E-state index in [2.05, 4.69) is 0 Å². The van der Waals surface area contributed by atoms with E-state index in [0.29, 0.717) is 25.6 Å². The lowest BCUT2D eigenvalue weighted by Crippen LogP contribution is -2.41. The fourth-order valence-corrected chi connectivity index (χ4v) is 4.20. The van der Waals surface area contributed by atoms with Crippen molar-refractivity contribution >= 4 is 10.0 Å². The minimum absolute atomic E-state index is 0.0688. The number of hydrogen-bond donors (Lipinski definition) is 0. The van der Waals surface area contributed by atoms with Gasteiger partial charge >= 0.3 is 6.18 Å². The van der Waals surface area contributed by atoms with Crippen LogP contribution in [0.5, 0.6) is 0 Å². The highest BCUT2D eigenvalue weighted by Crippen LogP contribution is 2.32. The summed E-state index contributed by atoms with van der Waals surface area (Å²) in [5.41, 5.74) is -0.959. The first-order valence-corrected chi connectivity index (χ1v) is 8.35. The minimum atomic E-state index is -4.56. The molecule has 0 N–H and O–H groups in total. The molecule has 1 fully saturated rings. The molecule has 1 aliphatic heterocycles. The summed E-state index contributed by atoms with van der Waals surface area (Å²) in [7, 11) is -2.38. The van der Waals surface area contributed by atoms with Crippen molar-refractivity contribution in [2.24, 2.45) is 5.92 Å². The van der Waals surface area contributed by atoms with Crippen molar-refractivity contribution in [2.45, 2.75) is 23.9 Å². The maximum absolute atomic E-state index is 12.7. The second-order valence-electron chi connectivity index (χ2n) is 5.35. The average Bonchev–Trinajstić information content (AvgIpc) is 2.47. The molecule has 1 unspecified atom stereocenters. The van der Waals surface area contributed by atoms with Gasteiger partial charge in [0.25, 0.3) is 0 Å². The monoisotopic (exact) mass is 337 g/mol. The molecule has 0 amide bonds. The Hall–Kier alpha value is -1.12. The number of piperidine rings is 1. The zero-order chi connectivity index (χ0) is 16.4. The van der Waals surface area contributed by atoms with E-state index in [1.807, 2.05) is 0 Å². The average molecular weight is 337 g/mol. The van der Waals surface area contributed by atoms with E-state index in [0.717, 1.165) is 18.6 Å². The van der Waals surface area contributed by atoms with Crippen LogP contribution in [0.1, 0.15) is 18.4 Å². The molecule has 1 aliphatic rings. The maximum atomic E-state index is 12.7. The lowest BCUT2D eigenvalue weighted by Gasteiger charge is -2.31. The summed E-state index contributed by atoms with van der Waals surface area (Å²) in [5, 5.41) is 0. The lowest BCUT2D eigenvalue weighted by molar-refractivity contribution is -0.137. The SMILES string of the molecule is COCC1CCCN(S(=O)(=O)c2cccc(C(F)(F)F)c2)C1. The number of nitrogens with zero attached hydrogens (tertiary/aromatic N) is 1. The standard InChI is InChI=1S/C14H18F3NO3S/c1-21-10-11-4-3-7-18(9-11)22(19,20)13-6-2-5-12(8-13)14(15,16)17/h2,5-6,8,11H,3-4,7,9-10H2,1H3. The number of benzene rings is 1. The van der Waals surface area contributed by atoms with Gasteiger partial charge in [0.15, 0.2) is 0 Å². The first-order chi connectivity index (χ1) is 10.2. The minimum Gasteiger partial charge on any atom is -0.384 e. The van der Waals surface area contributed by atoms with Gasteiger partial charge in [-0.25, -0.2) is 8.42 Å². The van der Waals surface area contributed by atoms with Crippen LogP contribution in [0, 0.1) is 5.92 Å². The summed E-state index contributed by atoms with van der Waals surface area (Å²) in [6.45, 7) is 1.03. The van der Waals surface area contributed by atoms with Gasteiger partial charge in [-0.05, 0) is 37.0 Å². The van der Waals surface area contributed by atoms with Crippen LogP contribution < -0.4 is 0 Å². The molecule has 0 saturated carbocycles. The Labute approximate surface area is 127 Å². The van der Waals surface area contributed by atoms with E-state index in [9.17, 15) is 21.6 Å². The molecule has 1 aromatic rings. The third kappa shape index (κ3) is 3.80. The Balaban J connectivity index is 2.26. The van der Waals surface area contributed by atoms with E-state index in [1.54, 1.807) is 7.11 Å². The van der Waals surface area contributed by atoms with Crippen LogP contribution in [-0.4, -0.2) is 39.5 Å². The first kappa shape index (κ1) is 17.2. The molecule has 4 nitrogen and oxygen atoms in total. The van der Waals surface area contributed by atoms with Crippen LogP contribution in [0.2, 0.25) is 0 Å². The van der Waals surface area contributed by atoms with E-state index < -0.39 is 21.8 Å². The van der Waals surface area contributed by atoms with Crippen molar-refractivity contribution in [1.82, 2.24) is 4.31 Å². The number of sulfonamides is 1. The van der Waals surface area contributed by atoms with Crippen LogP contribution in [0.3, 0.4) is 0 Å². The van der Waals surface area contributed by atoms with Crippen molar-refractivity contribution < 1.29 is 26.3 Å². The Bertz CT molecular complexity index is 614. The Morgan fingerprint density at radius 1 is 1.36 bits per heavy atom. The van der Waals surface area contributed by atoms with E-state index in [1.165, 1.54) is 10.4 Å². The van der Waals surface area contributed by atoms with Crippen LogP contribution in [-0.2, 0) is 20.9 Å². The zero-order valence-electron chi connectivity index (χ0n) is 12.1. The fraction of sp³-hybridized carbons (Fsp3) is 0.571. The third-order valence-corrected chi connectivity index (χ3v) is 5.54. The zero-order valence-corrected chi connectivity index (χ0v) is 13.0. The summed E-state index contributed by atoms with van der Waals surface area (Å²) in [6.07, 6.45) is -3.04. The van der Waals surface area contributed by atoms with E-state index >= 15 is 0 Å². The maximum Gasteiger partial charge on any atom is 0.416 e. The number of ether oxygens (including phenoxy) is 1. The van der Waals surface area contributed by atoms with Crippen molar-refractivity contribution in [3.05, 3.63) is 29.8 Å². The molecule has 0 radical (unpaired) electrons. The van der Waals surface area contributed by atoms with Crippen LogP contribution in [0.25, 0.3) is 0 Å². The lowest BCUT2D eigenvalue weighted by atomic mass is 10.0. The Morgan fingerprint density at radius 3 is 2.73 bits per heavy atom. The molecule has 0 spiro atoms. The van der Waals surface area contributed by atoms with Gasteiger partial charge in [-0.1, -0.05) is 6.07 Å². The summed E-state index contributed by atoms with van der Waals surface area (Å²) in [6, 6.07) is 3.87. The molecule has 8 heteroatoms. The largest absolute Gasteiger partial charge is 0.416 e. The molecule has 1 saturated heterocycles. The molecular weight excluding hydrogens is 319 g/mol. The van der Waals surface area contributed by atoms with Gasteiger partial charge in [0, 0.05) is 20.2 Å². The predicted octanol–water partition coefficient (Wildman–Crippen LogP) is 2.75. The predicted molar refractivity (Wildman–Crippen MR) is 74.8 cm³/mol. The van der Waals surface area contributed by atoms with E-state index in [4.69, 9.17) is 4.74 Å². The van der Waals surface area contributed by atoms with Crippen LogP contribution in [0.15, 0.2) is 29.2 Å². The first-order valence-electron chi connectivity index (χ1n) is 6.91. The number of rotatable bonds is 4. The highest BCUT2D eigenvalue weighted by Gasteiger charge is 2.34. The van der Waals surface area contributed by atoms with Gasteiger partial charge in [-0.3, -0.25) is 0 Å². The van der Waals surface area contributed by atoms with Crippen LogP contribution in [0.4, 0.5) is 13.2 Å². The summed E-state index contributed by atoms with van der Waals surface area (Å²) in [5.74, 6) is 0.0688. The molecule has 0 aromatic heterocycles. The smallest absolute Gasteiger partial charge is 0.384 e. The second kappa shape index (κ2) is 6.55. The summed E-state index contributed by atoms with van der Waals surface area (Å²) in [4.78, 5) is -0.319. The van der Waals surface area contributed by atoms with Crippen molar-refractivity contribution in [3.63, 3.8) is 0 Å². The molecule has 1 heterocycles. The van der Waals surface area contributed by atoms with Crippen molar-refractivity contribution in [3.8, 4) is 0 Å². The molecule has 2 rings (SSSR count). The fourth-order valence-electron chi connectivity index (χ4n) is 2.60. The second-order valence-corrected chi connectivity index (χ2v) is 7.29. The quantitative estimate of drug-likeness (QED) is 0.849. The number of methoxy groups -OCH3 is 1. The molecule has 0 aliphatic carbocycles. The molecule has 0 bridgehead atoms. The van der Waals surface area contributed by atoms with Crippen molar-refractivity contribution in [2.75, 3.05) is 26.8 Å². The highest BCUT2D eigenvalue weighted by atomic mass is 32.2. The van der Waals surface area contributed by atoms with E-state index in [-0.39, 0.29) is 17.4 Å². The van der Waals surface area contributed by atoms with Gasteiger partial charge in [0.05, 0.1) is 17.1 Å². The van der Waals surface area contributed by atoms with Gasteiger partial charge < -0.3 is 4.74 Å². The Kier molecular flexibility index (Phi) is 5.14. The van der Waals surface area contributed by atoms with Gasteiger partial charge in [-0.15, -0.1) is 0 Å². The number of halogens is 3. The van der Waals surface area contributed by atoms with Gasteiger partial charge in [0.2, 0.25) is 10.0 Å². The van der Waals surface area contributed by atoms with Crippen LogP contribution >= 0.6 is 0 Å². The van der Waals surface area contributed by atoms with Crippen molar-refractivity contribution in [1.29, 1.82) is 0 Å². The highest BCUT2D eigenvalue weighted by molar-refractivity contribution is 7.89. The summed E-state index contributed by atoms with van der Waals surface area (Å²) >= 11 is 0. The molecule has 22 heavy (non-hydrogen) atoms. The Morgan fingerprint density at radius 2 is 2.09 bits per heavy atom. The van der Waals surface area contributed by atoms with Gasteiger partial charge in [0.1, 0.15) is 0 Å². The number of hydrogen-bond acceptors (Lipinski definition) is 3. The molecular formula is C14H18F3NO3S.